The van der Waals surface area contributed by atoms with Gasteiger partial charge in [0, 0.05) is 13.2 Å². The van der Waals surface area contributed by atoms with E-state index in [-0.39, 0.29) is 23.1 Å². The second-order valence-corrected chi connectivity index (χ2v) is 9.39. The van der Waals surface area contributed by atoms with Crippen LogP contribution in [0.2, 0.25) is 0 Å². The Morgan fingerprint density at radius 3 is 2.90 bits per heavy atom. The van der Waals surface area contributed by atoms with Crippen LogP contribution in [0.1, 0.15) is 25.3 Å². The lowest BCUT2D eigenvalue weighted by Crippen LogP contribution is -2.30. The van der Waals surface area contributed by atoms with Gasteiger partial charge in [-0.1, -0.05) is 30.0 Å². The molecular weight excluding hydrogens is 423 g/mol. The third kappa shape index (κ3) is 5.08. The molecule has 9 heteroatoms. The first kappa shape index (κ1) is 21.0. The smallest absolute Gasteiger partial charge is 0.233 e. The Morgan fingerprint density at radius 1 is 1.37 bits per heavy atom. The molecule has 1 aromatic carbocycles. The van der Waals surface area contributed by atoms with Crippen LogP contribution in [0.4, 0.5) is 4.39 Å². The fraction of sp³-hybridized carbons (Fsp3) is 0.381. The van der Waals surface area contributed by atoms with Crippen molar-refractivity contribution in [3.63, 3.8) is 0 Å². The molecule has 1 N–H and O–H groups in total. The van der Waals surface area contributed by atoms with Crippen LogP contribution >= 0.6 is 23.1 Å². The molecule has 0 aliphatic carbocycles. The van der Waals surface area contributed by atoms with Gasteiger partial charge in [-0.05, 0) is 48.9 Å². The van der Waals surface area contributed by atoms with Gasteiger partial charge >= 0.3 is 0 Å². The normalized spacial score (nSPS) is 17.2. The zero-order valence-electron chi connectivity index (χ0n) is 16.6. The molecule has 4 rings (SSSR count). The van der Waals surface area contributed by atoms with E-state index in [4.69, 9.17) is 4.74 Å². The number of amides is 1. The molecule has 0 spiro atoms. The summed E-state index contributed by atoms with van der Waals surface area (Å²) in [6.07, 6.45) is 2.22. The second kappa shape index (κ2) is 9.72. The van der Waals surface area contributed by atoms with Gasteiger partial charge in [0.05, 0.1) is 22.8 Å². The van der Waals surface area contributed by atoms with Crippen molar-refractivity contribution in [1.82, 2.24) is 20.1 Å². The summed E-state index contributed by atoms with van der Waals surface area (Å²) in [5.41, 5.74) is 0.850. The van der Waals surface area contributed by atoms with E-state index in [1.54, 1.807) is 23.5 Å². The number of carbonyl (C=O) groups is 1. The number of hydrogen-bond acceptors (Lipinski definition) is 6. The van der Waals surface area contributed by atoms with Crippen molar-refractivity contribution in [3.05, 3.63) is 53.2 Å². The summed E-state index contributed by atoms with van der Waals surface area (Å²) in [6, 6.07) is 10.1. The molecule has 1 saturated heterocycles. The van der Waals surface area contributed by atoms with E-state index in [0.717, 1.165) is 35.7 Å². The topological polar surface area (TPSA) is 69.0 Å². The van der Waals surface area contributed by atoms with Crippen LogP contribution in [-0.4, -0.2) is 38.6 Å². The largest absolute Gasteiger partial charge is 0.376 e. The number of thioether (sulfide) groups is 1. The average molecular weight is 447 g/mol. The summed E-state index contributed by atoms with van der Waals surface area (Å²) in [7, 11) is 0. The predicted octanol–water partition coefficient (Wildman–Crippen LogP) is 4.12. The van der Waals surface area contributed by atoms with Gasteiger partial charge in [-0.3, -0.25) is 9.36 Å². The van der Waals surface area contributed by atoms with Crippen molar-refractivity contribution in [3.8, 4) is 10.7 Å². The lowest BCUT2D eigenvalue weighted by atomic mass is 10.2. The third-order valence-corrected chi connectivity index (χ3v) is 6.85. The number of halogens is 1. The molecule has 3 heterocycles. The van der Waals surface area contributed by atoms with E-state index in [1.807, 2.05) is 24.4 Å². The lowest BCUT2D eigenvalue weighted by Gasteiger charge is -2.16. The third-order valence-electron chi connectivity index (χ3n) is 4.90. The van der Waals surface area contributed by atoms with Crippen LogP contribution in [0.25, 0.3) is 10.7 Å². The standard InChI is InChI=1S/C21H23FN4O2S2/c1-14(20(27)23-12-15-6-8-16(22)9-7-15)30-21-25-24-19(18-5-3-11-29-18)26(21)13-17-4-2-10-28-17/h3,5-9,11,14,17H,2,4,10,12-13H2,1H3,(H,23,27). The first-order valence-corrected chi connectivity index (χ1v) is 11.6. The number of nitrogens with one attached hydrogen (secondary N) is 1. The SMILES string of the molecule is CC(Sc1nnc(-c2cccs2)n1CC1CCCO1)C(=O)NCc1ccc(F)cc1. The number of hydrogen-bond donors (Lipinski definition) is 1. The minimum Gasteiger partial charge on any atom is -0.376 e. The van der Waals surface area contributed by atoms with Crippen molar-refractivity contribution in [2.45, 2.75) is 49.4 Å². The molecule has 2 unspecified atom stereocenters. The number of ether oxygens (including phenoxy) is 1. The first-order chi connectivity index (χ1) is 14.6. The van der Waals surface area contributed by atoms with Crippen molar-refractivity contribution in [2.75, 3.05) is 6.61 Å². The quantitative estimate of drug-likeness (QED) is 0.527. The van der Waals surface area contributed by atoms with E-state index >= 15 is 0 Å². The average Bonchev–Trinajstić information content (AvgIpc) is 3.51. The molecule has 0 saturated carbocycles. The lowest BCUT2D eigenvalue weighted by molar-refractivity contribution is -0.120. The number of benzene rings is 1. The predicted molar refractivity (Wildman–Crippen MR) is 116 cm³/mol. The van der Waals surface area contributed by atoms with Crippen molar-refractivity contribution < 1.29 is 13.9 Å². The molecule has 30 heavy (non-hydrogen) atoms. The monoisotopic (exact) mass is 446 g/mol. The van der Waals surface area contributed by atoms with Crippen LogP contribution in [0.3, 0.4) is 0 Å². The van der Waals surface area contributed by atoms with Crippen molar-refractivity contribution in [2.24, 2.45) is 0 Å². The van der Waals surface area contributed by atoms with E-state index in [0.29, 0.717) is 18.2 Å². The number of aromatic nitrogens is 3. The summed E-state index contributed by atoms with van der Waals surface area (Å²) in [5, 5.41) is 14.0. The van der Waals surface area contributed by atoms with Crippen LogP contribution in [0.5, 0.6) is 0 Å². The van der Waals surface area contributed by atoms with Crippen molar-refractivity contribution in [1.29, 1.82) is 0 Å². The van der Waals surface area contributed by atoms with Gasteiger partial charge in [0.15, 0.2) is 11.0 Å². The maximum absolute atomic E-state index is 13.0. The van der Waals surface area contributed by atoms with E-state index in [1.165, 1.54) is 23.9 Å². The Hall–Kier alpha value is -2.23. The van der Waals surface area contributed by atoms with Gasteiger partial charge < -0.3 is 10.1 Å². The summed E-state index contributed by atoms with van der Waals surface area (Å²) in [5.74, 6) is 0.414. The highest BCUT2D eigenvalue weighted by atomic mass is 32.2. The number of carbonyl (C=O) groups excluding carboxylic acids is 1. The van der Waals surface area contributed by atoms with Gasteiger partial charge in [0.25, 0.3) is 0 Å². The zero-order chi connectivity index (χ0) is 20.9. The van der Waals surface area contributed by atoms with Gasteiger partial charge in [0.1, 0.15) is 5.82 Å². The first-order valence-electron chi connectivity index (χ1n) is 9.87. The number of nitrogens with zero attached hydrogens (tertiary/aromatic N) is 3. The molecule has 2 atom stereocenters. The van der Waals surface area contributed by atoms with Gasteiger partial charge in [-0.2, -0.15) is 0 Å². The molecule has 1 aliphatic heterocycles. The summed E-state index contributed by atoms with van der Waals surface area (Å²) >= 11 is 3.00. The van der Waals surface area contributed by atoms with Crippen molar-refractivity contribution >= 4 is 29.0 Å². The van der Waals surface area contributed by atoms with E-state index < -0.39 is 0 Å². The fourth-order valence-electron chi connectivity index (χ4n) is 3.27. The fourth-order valence-corrected chi connectivity index (χ4v) is 4.87. The maximum Gasteiger partial charge on any atom is 0.233 e. The molecule has 3 aromatic rings. The van der Waals surface area contributed by atoms with Crippen LogP contribution in [-0.2, 0) is 22.6 Å². The minimum atomic E-state index is -0.353. The van der Waals surface area contributed by atoms with Crippen LogP contribution < -0.4 is 5.32 Å². The van der Waals surface area contributed by atoms with Gasteiger partial charge in [-0.25, -0.2) is 4.39 Å². The Bertz CT molecular complexity index is 970. The Balaban J connectivity index is 1.44. The van der Waals surface area contributed by atoms with Gasteiger partial charge in [0.2, 0.25) is 5.91 Å². The maximum atomic E-state index is 13.0. The molecule has 6 nitrogen and oxygen atoms in total. The highest BCUT2D eigenvalue weighted by Gasteiger charge is 2.24. The molecule has 2 aromatic heterocycles. The Kier molecular flexibility index (Phi) is 6.81. The Labute approximate surface area is 182 Å². The molecule has 0 bridgehead atoms. The highest BCUT2D eigenvalue weighted by Crippen LogP contribution is 2.30. The van der Waals surface area contributed by atoms with E-state index in [9.17, 15) is 9.18 Å². The van der Waals surface area contributed by atoms with Crippen LogP contribution in [0.15, 0.2) is 46.9 Å². The molecular formula is C21H23FN4O2S2. The highest BCUT2D eigenvalue weighted by molar-refractivity contribution is 8.00. The molecule has 158 valence electrons. The zero-order valence-corrected chi connectivity index (χ0v) is 18.2. The molecule has 0 radical (unpaired) electrons. The summed E-state index contributed by atoms with van der Waals surface area (Å²) in [6.45, 7) is 3.66. The summed E-state index contributed by atoms with van der Waals surface area (Å²) in [4.78, 5) is 13.6. The summed E-state index contributed by atoms with van der Waals surface area (Å²) < 4.78 is 20.9. The van der Waals surface area contributed by atoms with E-state index in [2.05, 4.69) is 20.1 Å². The van der Waals surface area contributed by atoms with Crippen LogP contribution in [0, 0.1) is 5.82 Å². The minimum absolute atomic E-state index is 0.103. The Morgan fingerprint density at radius 2 is 2.20 bits per heavy atom. The molecule has 1 fully saturated rings. The van der Waals surface area contributed by atoms with Gasteiger partial charge in [-0.15, -0.1) is 21.5 Å². The second-order valence-electron chi connectivity index (χ2n) is 7.13. The molecule has 1 amide bonds. The number of rotatable bonds is 8. The number of thiophene rings is 1. The molecule has 1 aliphatic rings.